The van der Waals surface area contributed by atoms with Crippen molar-refractivity contribution in [1.82, 2.24) is 4.98 Å². The zero-order chi connectivity index (χ0) is 27.1. The molecule has 1 N–H and O–H groups in total. The molecule has 2 aromatic carbocycles. The van der Waals surface area contributed by atoms with Crippen molar-refractivity contribution in [2.24, 2.45) is 0 Å². The number of aromatic nitrogens is 1. The lowest BCUT2D eigenvalue weighted by molar-refractivity contribution is -0.132. The molecule has 1 aromatic heterocycles. The lowest BCUT2D eigenvalue weighted by Crippen LogP contribution is -2.29. The number of thiazole rings is 1. The Balaban J connectivity index is 1.66. The fraction of sp³-hybridized carbons (Fsp3) is 0.286. The van der Waals surface area contributed by atoms with Crippen molar-refractivity contribution in [3.05, 3.63) is 75.3 Å². The maximum atomic E-state index is 13.5. The van der Waals surface area contributed by atoms with Gasteiger partial charge in [0.2, 0.25) is 0 Å². The Labute approximate surface area is 223 Å². The lowest BCUT2D eigenvalue weighted by atomic mass is 9.94. The summed E-state index contributed by atoms with van der Waals surface area (Å²) in [5.74, 6) is -1.23. The first-order valence-electron chi connectivity index (χ1n) is 12.1. The van der Waals surface area contributed by atoms with Crippen molar-refractivity contribution in [3.8, 4) is 11.5 Å². The normalized spacial score (nSPS) is 19.8. The number of hydrogen-bond donors (Lipinski definition) is 1. The van der Waals surface area contributed by atoms with Crippen LogP contribution in [0.3, 0.4) is 0 Å². The second kappa shape index (κ2) is 9.94. The van der Waals surface area contributed by atoms with Gasteiger partial charge in [-0.2, -0.15) is 0 Å². The van der Waals surface area contributed by atoms with Crippen LogP contribution in [0.5, 0.6) is 11.5 Å². The van der Waals surface area contributed by atoms with Crippen LogP contribution in [0.2, 0.25) is 0 Å². The number of esters is 1. The minimum absolute atomic E-state index is 0.00831. The Hall–Kier alpha value is -4.18. The molecule has 2 atom stereocenters. The number of hydrogen-bond acceptors (Lipinski definition) is 9. The maximum absolute atomic E-state index is 13.5. The highest BCUT2D eigenvalue weighted by Crippen LogP contribution is 2.44. The summed E-state index contributed by atoms with van der Waals surface area (Å²) in [6, 6.07) is 11.2. The number of anilines is 1. The third-order valence-electron chi connectivity index (χ3n) is 6.48. The molecule has 1 saturated heterocycles. The number of aliphatic hydroxyl groups excluding tert-OH is 1. The highest BCUT2D eigenvalue weighted by molar-refractivity contribution is 7.17. The number of benzene rings is 2. The van der Waals surface area contributed by atoms with Gasteiger partial charge < -0.3 is 19.3 Å². The van der Waals surface area contributed by atoms with Crippen LogP contribution in [0, 0.1) is 6.92 Å². The van der Waals surface area contributed by atoms with Crippen molar-refractivity contribution in [2.75, 3.05) is 18.6 Å². The average molecular weight is 535 g/mol. The molecule has 38 heavy (non-hydrogen) atoms. The first kappa shape index (κ1) is 25.5. The minimum Gasteiger partial charge on any atom is -0.507 e. The molecule has 2 aliphatic heterocycles. The van der Waals surface area contributed by atoms with Crippen molar-refractivity contribution in [2.45, 2.75) is 39.3 Å². The molecule has 196 valence electrons. The summed E-state index contributed by atoms with van der Waals surface area (Å²) < 4.78 is 16.1. The second-order valence-electron chi connectivity index (χ2n) is 9.03. The topological polar surface area (TPSA) is 115 Å². The Kier molecular flexibility index (Phi) is 6.66. The van der Waals surface area contributed by atoms with Crippen LogP contribution in [0.25, 0.3) is 5.76 Å². The van der Waals surface area contributed by atoms with E-state index in [2.05, 4.69) is 4.98 Å². The highest BCUT2D eigenvalue weighted by atomic mass is 32.1. The fourth-order valence-corrected chi connectivity index (χ4v) is 5.76. The molecule has 0 spiro atoms. The Morgan fingerprint density at radius 2 is 1.95 bits per heavy atom. The van der Waals surface area contributed by atoms with Crippen molar-refractivity contribution >= 4 is 39.9 Å². The van der Waals surface area contributed by atoms with Crippen LogP contribution in [-0.2, 0) is 20.7 Å². The fourth-order valence-electron chi connectivity index (χ4n) is 4.75. The highest BCUT2D eigenvalue weighted by Gasteiger charge is 2.48. The number of ether oxygens (including phenoxy) is 3. The molecule has 2 unspecified atom stereocenters. The van der Waals surface area contributed by atoms with Crippen LogP contribution in [0.1, 0.15) is 51.9 Å². The molecule has 5 rings (SSSR count). The van der Waals surface area contributed by atoms with Gasteiger partial charge >= 0.3 is 11.9 Å². The third kappa shape index (κ3) is 4.30. The van der Waals surface area contributed by atoms with Gasteiger partial charge in [0.25, 0.3) is 5.78 Å². The molecule has 3 aromatic rings. The Bertz CT molecular complexity index is 1470. The molecular formula is C28H26N2O7S. The van der Waals surface area contributed by atoms with Gasteiger partial charge in [-0.15, -0.1) is 0 Å². The molecule has 3 heterocycles. The van der Waals surface area contributed by atoms with Gasteiger partial charge in [-0.05, 0) is 62.2 Å². The van der Waals surface area contributed by atoms with Crippen LogP contribution in [0.4, 0.5) is 5.13 Å². The summed E-state index contributed by atoms with van der Waals surface area (Å²) in [5.41, 5.74) is 2.18. The van der Waals surface area contributed by atoms with Gasteiger partial charge in [-0.1, -0.05) is 23.5 Å². The van der Waals surface area contributed by atoms with E-state index in [1.165, 1.54) is 12.0 Å². The summed E-state index contributed by atoms with van der Waals surface area (Å²) in [6.07, 6.45) is 0.677. The zero-order valence-corrected chi connectivity index (χ0v) is 22.1. The first-order chi connectivity index (χ1) is 18.2. The van der Waals surface area contributed by atoms with Crippen molar-refractivity contribution in [1.29, 1.82) is 0 Å². The number of aliphatic hydroxyl groups is 1. The van der Waals surface area contributed by atoms with Crippen molar-refractivity contribution < 1.29 is 33.7 Å². The van der Waals surface area contributed by atoms with Gasteiger partial charge in [-0.25, -0.2) is 9.78 Å². The molecule has 0 saturated carbocycles. The van der Waals surface area contributed by atoms with E-state index in [1.54, 1.807) is 49.4 Å². The van der Waals surface area contributed by atoms with Gasteiger partial charge in [0.15, 0.2) is 5.13 Å². The molecule has 9 nitrogen and oxygen atoms in total. The molecule has 1 fully saturated rings. The Morgan fingerprint density at radius 3 is 2.63 bits per heavy atom. The number of rotatable bonds is 6. The summed E-state index contributed by atoms with van der Waals surface area (Å²) in [4.78, 5) is 45.0. The number of fused-ring (bicyclic) bond motifs is 1. The van der Waals surface area contributed by atoms with Crippen LogP contribution < -0.4 is 14.4 Å². The van der Waals surface area contributed by atoms with E-state index >= 15 is 0 Å². The number of amides is 1. The molecule has 1 amide bonds. The van der Waals surface area contributed by atoms with Crippen LogP contribution in [0.15, 0.2) is 48.0 Å². The number of nitrogens with zero attached hydrogens (tertiary/aromatic N) is 2. The number of Topliss-reactive ketones (excluding diaryl/α,β-unsaturated/α-hetero) is 1. The monoisotopic (exact) mass is 534 g/mol. The smallest absolute Gasteiger partial charge is 0.350 e. The Morgan fingerprint density at radius 1 is 1.21 bits per heavy atom. The molecule has 0 bridgehead atoms. The van der Waals surface area contributed by atoms with E-state index in [-0.39, 0.29) is 27.4 Å². The van der Waals surface area contributed by atoms with Crippen molar-refractivity contribution in [3.63, 3.8) is 0 Å². The second-order valence-corrected chi connectivity index (χ2v) is 10.0. The SMILES string of the molecule is CCOc1ccc(C2/C(=C(\O)c3ccc4c(c3)CC(C)O4)C(=O)C(=O)N2c2nc(C)c(C(=O)OC)s2)cc1. The predicted molar refractivity (Wildman–Crippen MR) is 141 cm³/mol. The summed E-state index contributed by atoms with van der Waals surface area (Å²) >= 11 is 0.953. The zero-order valence-electron chi connectivity index (χ0n) is 21.3. The van der Waals surface area contributed by atoms with Crippen LogP contribution in [-0.4, -0.2) is 47.6 Å². The molecule has 10 heteroatoms. The molecule has 0 radical (unpaired) electrons. The van der Waals surface area contributed by atoms with Gasteiger partial charge in [0.05, 0.1) is 31.0 Å². The number of carbonyl (C=O) groups is 3. The maximum Gasteiger partial charge on any atom is 0.350 e. The first-order valence-corrected chi connectivity index (χ1v) is 12.9. The summed E-state index contributed by atoms with van der Waals surface area (Å²) in [6.45, 7) is 5.93. The third-order valence-corrected chi connectivity index (χ3v) is 7.62. The standard InChI is InChI=1S/C28H26N2O7S/c1-5-36-19-9-6-16(7-10-19)22-21(23(31)17-8-11-20-18(13-17)12-14(2)37-20)24(32)26(33)30(22)28-29-15(3)25(38-28)27(34)35-4/h6-11,13-14,22,31H,5,12H2,1-4H3/b23-21+. The lowest BCUT2D eigenvalue weighted by Gasteiger charge is -2.23. The number of ketones is 1. The molecular weight excluding hydrogens is 508 g/mol. The average Bonchev–Trinajstić information content (AvgIpc) is 3.55. The number of carbonyl (C=O) groups excluding carboxylic acids is 3. The number of methoxy groups -OCH3 is 1. The van der Waals surface area contributed by atoms with E-state index in [0.29, 0.717) is 35.6 Å². The van der Waals surface area contributed by atoms with Crippen LogP contribution >= 0.6 is 11.3 Å². The van der Waals surface area contributed by atoms with Gasteiger partial charge in [0.1, 0.15) is 28.2 Å². The predicted octanol–water partition coefficient (Wildman–Crippen LogP) is 4.59. The van der Waals surface area contributed by atoms with E-state index < -0.39 is 23.7 Å². The summed E-state index contributed by atoms with van der Waals surface area (Å²) in [7, 11) is 1.26. The van der Waals surface area contributed by atoms with E-state index in [9.17, 15) is 19.5 Å². The van der Waals surface area contributed by atoms with Gasteiger partial charge in [-0.3, -0.25) is 14.5 Å². The quantitative estimate of drug-likeness (QED) is 0.211. The molecule has 0 aliphatic carbocycles. The summed E-state index contributed by atoms with van der Waals surface area (Å²) in [5, 5.41) is 11.6. The van der Waals surface area contributed by atoms with Gasteiger partial charge in [0, 0.05) is 12.0 Å². The largest absolute Gasteiger partial charge is 0.507 e. The number of aryl methyl sites for hydroxylation is 1. The van der Waals surface area contributed by atoms with E-state index in [4.69, 9.17) is 14.2 Å². The minimum atomic E-state index is -0.981. The van der Waals surface area contributed by atoms with E-state index in [0.717, 1.165) is 22.6 Å². The molecule has 2 aliphatic rings. The van der Waals surface area contributed by atoms with E-state index in [1.807, 2.05) is 13.8 Å².